The van der Waals surface area contributed by atoms with Gasteiger partial charge >= 0.3 is 0 Å². The second-order valence-electron chi connectivity index (χ2n) is 5.19. The summed E-state index contributed by atoms with van der Waals surface area (Å²) in [5.41, 5.74) is 0. The fourth-order valence-corrected chi connectivity index (χ4v) is 2.89. The molecule has 2 unspecified atom stereocenters. The topological polar surface area (TPSA) is 52.5 Å². The molecule has 0 spiro atoms. The number of rotatable bonds is 2. The van der Waals surface area contributed by atoms with Gasteiger partial charge in [-0.2, -0.15) is 0 Å². The Morgan fingerprint density at radius 1 is 0.733 bits per heavy atom. The van der Waals surface area contributed by atoms with Crippen molar-refractivity contribution in [2.75, 3.05) is 0 Å². The van der Waals surface area contributed by atoms with E-state index < -0.39 is 0 Å². The maximum Gasteiger partial charge on any atom is 0.0555 e. The predicted octanol–water partition coefficient (Wildman–Crippen LogP) is 1.18. The minimum atomic E-state index is -0.0922. The van der Waals surface area contributed by atoms with Crippen molar-refractivity contribution < 1.29 is 10.2 Å². The number of hydrogen-bond acceptors (Lipinski definition) is 3. The first-order valence-electron chi connectivity index (χ1n) is 6.36. The van der Waals surface area contributed by atoms with Crippen molar-refractivity contribution in [3.63, 3.8) is 0 Å². The highest BCUT2D eigenvalue weighted by Gasteiger charge is 2.25. The second kappa shape index (κ2) is 5.28. The Bertz CT molecular complexity index is 190. The molecule has 2 atom stereocenters. The summed E-state index contributed by atoms with van der Waals surface area (Å²) in [5, 5.41) is 22.6. The lowest BCUT2D eigenvalue weighted by atomic mass is 9.89. The Morgan fingerprint density at radius 3 is 2.13 bits per heavy atom. The van der Waals surface area contributed by atoms with E-state index in [9.17, 15) is 10.2 Å². The third kappa shape index (κ3) is 3.44. The fourth-order valence-electron chi connectivity index (χ4n) is 2.89. The highest BCUT2D eigenvalue weighted by molar-refractivity contribution is 4.83. The smallest absolute Gasteiger partial charge is 0.0555 e. The van der Waals surface area contributed by atoms with Crippen molar-refractivity contribution in [2.45, 2.75) is 75.7 Å². The van der Waals surface area contributed by atoms with E-state index in [0.29, 0.717) is 12.1 Å². The molecule has 0 aromatic carbocycles. The van der Waals surface area contributed by atoms with Crippen LogP contribution in [-0.4, -0.2) is 34.5 Å². The van der Waals surface area contributed by atoms with Crippen LogP contribution in [0.15, 0.2) is 0 Å². The second-order valence-corrected chi connectivity index (χ2v) is 5.19. The molecule has 88 valence electrons. The van der Waals surface area contributed by atoms with Crippen LogP contribution in [-0.2, 0) is 0 Å². The Balaban J connectivity index is 1.71. The lowest BCUT2D eigenvalue weighted by Crippen LogP contribution is -2.44. The summed E-state index contributed by atoms with van der Waals surface area (Å²) in [7, 11) is 0. The van der Waals surface area contributed by atoms with Crippen molar-refractivity contribution in [3.8, 4) is 0 Å². The molecule has 0 aromatic heterocycles. The summed E-state index contributed by atoms with van der Waals surface area (Å²) in [6.45, 7) is 0. The van der Waals surface area contributed by atoms with Gasteiger partial charge in [0.1, 0.15) is 0 Å². The highest BCUT2D eigenvalue weighted by Crippen LogP contribution is 2.23. The number of nitrogens with one attached hydrogen (secondary N) is 1. The van der Waals surface area contributed by atoms with Gasteiger partial charge in [0.05, 0.1) is 12.2 Å². The van der Waals surface area contributed by atoms with Gasteiger partial charge in [-0.25, -0.2) is 0 Å². The van der Waals surface area contributed by atoms with Gasteiger partial charge in [-0.15, -0.1) is 0 Å². The third-order valence-electron chi connectivity index (χ3n) is 3.81. The largest absolute Gasteiger partial charge is 0.393 e. The van der Waals surface area contributed by atoms with E-state index in [1.807, 2.05) is 0 Å². The van der Waals surface area contributed by atoms with Crippen LogP contribution < -0.4 is 5.32 Å². The molecule has 3 nitrogen and oxygen atoms in total. The molecule has 2 rings (SSSR count). The van der Waals surface area contributed by atoms with Gasteiger partial charge in [0, 0.05) is 12.1 Å². The Kier molecular flexibility index (Phi) is 4.00. The van der Waals surface area contributed by atoms with E-state index in [-0.39, 0.29) is 12.2 Å². The Morgan fingerprint density at radius 2 is 1.47 bits per heavy atom. The van der Waals surface area contributed by atoms with Gasteiger partial charge < -0.3 is 15.5 Å². The van der Waals surface area contributed by atoms with E-state index >= 15 is 0 Å². The summed E-state index contributed by atoms with van der Waals surface area (Å²) in [5.74, 6) is 0. The normalized spacial score (nSPS) is 42.8. The van der Waals surface area contributed by atoms with E-state index in [4.69, 9.17) is 0 Å². The van der Waals surface area contributed by atoms with Gasteiger partial charge in [0.2, 0.25) is 0 Å². The Labute approximate surface area is 91.9 Å². The summed E-state index contributed by atoms with van der Waals surface area (Å²) >= 11 is 0. The molecule has 3 heteroatoms. The Hall–Kier alpha value is -0.120. The van der Waals surface area contributed by atoms with Gasteiger partial charge in [-0.1, -0.05) is 0 Å². The van der Waals surface area contributed by atoms with Crippen molar-refractivity contribution >= 4 is 0 Å². The molecule has 0 heterocycles. The van der Waals surface area contributed by atoms with Crippen LogP contribution >= 0.6 is 0 Å². The average molecular weight is 213 g/mol. The zero-order chi connectivity index (χ0) is 10.7. The summed E-state index contributed by atoms with van der Waals surface area (Å²) < 4.78 is 0. The average Bonchev–Trinajstić information content (AvgIpc) is 2.22. The summed E-state index contributed by atoms with van der Waals surface area (Å²) in [4.78, 5) is 0. The molecule has 2 fully saturated rings. The SMILES string of the molecule is OC1CCC(NC2CCCC(O)C2)CC1. The van der Waals surface area contributed by atoms with Crippen LogP contribution in [0.2, 0.25) is 0 Å². The molecular formula is C12H23NO2. The van der Waals surface area contributed by atoms with E-state index in [0.717, 1.165) is 44.9 Å². The minimum absolute atomic E-state index is 0.0694. The minimum Gasteiger partial charge on any atom is -0.393 e. The zero-order valence-corrected chi connectivity index (χ0v) is 9.36. The fraction of sp³-hybridized carbons (Fsp3) is 1.00. The lowest BCUT2D eigenvalue weighted by Gasteiger charge is -2.33. The van der Waals surface area contributed by atoms with E-state index in [1.165, 1.54) is 6.42 Å². The van der Waals surface area contributed by atoms with Crippen LogP contribution in [0.4, 0.5) is 0 Å². The molecule has 0 aromatic rings. The first-order chi connectivity index (χ1) is 7.24. The van der Waals surface area contributed by atoms with Crippen molar-refractivity contribution in [3.05, 3.63) is 0 Å². The molecular weight excluding hydrogens is 190 g/mol. The molecule has 15 heavy (non-hydrogen) atoms. The molecule has 2 saturated carbocycles. The molecule has 2 aliphatic carbocycles. The lowest BCUT2D eigenvalue weighted by molar-refractivity contribution is 0.0906. The first-order valence-corrected chi connectivity index (χ1v) is 6.36. The predicted molar refractivity (Wildman–Crippen MR) is 59.7 cm³/mol. The van der Waals surface area contributed by atoms with Crippen molar-refractivity contribution in [2.24, 2.45) is 0 Å². The van der Waals surface area contributed by atoms with Gasteiger partial charge in [0.15, 0.2) is 0 Å². The van der Waals surface area contributed by atoms with Gasteiger partial charge in [-0.3, -0.25) is 0 Å². The van der Waals surface area contributed by atoms with Crippen LogP contribution in [0.25, 0.3) is 0 Å². The van der Waals surface area contributed by atoms with Crippen LogP contribution in [0, 0.1) is 0 Å². The molecule has 0 bridgehead atoms. The zero-order valence-electron chi connectivity index (χ0n) is 9.36. The van der Waals surface area contributed by atoms with Crippen LogP contribution in [0.1, 0.15) is 51.4 Å². The van der Waals surface area contributed by atoms with Gasteiger partial charge in [-0.05, 0) is 51.4 Å². The van der Waals surface area contributed by atoms with E-state index in [2.05, 4.69) is 5.32 Å². The quantitative estimate of drug-likeness (QED) is 0.645. The highest BCUT2D eigenvalue weighted by atomic mass is 16.3. The number of aliphatic hydroxyl groups excluding tert-OH is 2. The monoisotopic (exact) mass is 213 g/mol. The number of aliphatic hydroxyl groups is 2. The molecule has 3 N–H and O–H groups in total. The maximum atomic E-state index is 9.57. The van der Waals surface area contributed by atoms with Crippen molar-refractivity contribution in [1.82, 2.24) is 5.32 Å². The molecule has 0 amide bonds. The van der Waals surface area contributed by atoms with E-state index in [1.54, 1.807) is 0 Å². The molecule has 0 aliphatic heterocycles. The third-order valence-corrected chi connectivity index (χ3v) is 3.81. The van der Waals surface area contributed by atoms with Crippen LogP contribution in [0.5, 0.6) is 0 Å². The standard InChI is InChI=1S/C12H23NO2/c14-11-6-4-9(5-7-11)13-10-2-1-3-12(15)8-10/h9-15H,1-8H2. The summed E-state index contributed by atoms with van der Waals surface area (Å²) in [6, 6.07) is 1.08. The number of hydrogen-bond donors (Lipinski definition) is 3. The molecule has 0 radical (unpaired) electrons. The molecule has 2 aliphatic rings. The molecule has 0 saturated heterocycles. The van der Waals surface area contributed by atoms with Crippen molar-refractivity contribution in [1.29, 1.82) is 0 Å². The maximum absolute atomic E-state index is 9.57. The summed E-state index contributed by atoms with van der Waals surface area (Å²) in [6.07, 6.45) is 8.14. The van der Waals surface area contributed by atoms with Crippen LogP contribution in [0.3, 0.4) is 0 Å². The van der Waals surface area contributed by atoms with Gasteiger partial charge in [0.25, 0.3) is 0 Å². The first kappa shape index (κ1) is 11.4.